The molecule has 0 heterocycles. The van der Waals surface area contributed by atoms with Crippen LogP contribution in [0.15, 0.2) is 0 Å². The van der Waals surface area contributed by atoms with Crippen LogP contribution in [0.4, 0.5) is 0 Å². The molecular formula is C19H40. The second-order valence-electron chi connectivity index (χ2n) is 6.39. The molecule has 19 heavy (non-hydrogen) atoms. The lowest BCUT2D eigenvalue weighted by Crippen LogP contribution is -1.99. The molecule has 0 aromatic rings. The minimum Gasteiger partial charge on any atom is -0.0654 e. The van der Waals surface area contributed by atoms with Crippen LogP contribution in [0.3, 0.4) is 0 Å². The van der Waals surface area contributed by atoms with Gasteiger partial charge in [-0.15, -0.1) is 0 Å². The van der Waals surface area contributed by atoms with E-state index in [-0.39, 0.29) is 0 Å². The lowest BCUT2D eigenvalue weighted by molar-refractivity contribution is 0.393. The van der Waals surface area contributed by atoms with Crippen molar-refractivity contribution >= 4 is 0 Å². The van der Waals surface area contributed by atoms with Crippen LogP contribution in [0.1, 0.15) is 117 Å². The van der Waals surface area contributed by atoms with Crippen molar-refractivity contribution in [1.82, 2.24) is 0 Å². The molecule has 0 amide bonds. The van der Waals surface area contributed by atoms with E-state index in [1.165, 1.54) is 96.3 Å². The first kappa shape index (κ1) is 19.0. The lowest BCUT2D eigenvalue weighted by atomic mass is 9.92. The molecule has 0 saturated heterocycles. The average molecular weight is 269 g/mol. The molecule has 0 aliphatic heterocycles. The molecule has 0 fully saturated rings. The van der Waals surface area contributed by atoms with Crippen LogP contribution in [-0.2, 0) is 0 Å². The molecule has 0 aliphatic carbocycles. The molecular weight excluding hydrogens is 228 g/mol. The van der Waals surface area contributed by atoms with Crippen molar-refractivity contribution in [3.8, 4) is 0 Å². The first-order valence-electron chi connectivity index (χ1n) is 9.35. The third kappa shape index (κ3) is 14.2. The van der Waals surface area contributed by atoms with Crippen LogP contribution in [0.2, 0.25) is 0 Å². The first-order chi connectivity index (χ1) is 9.35. The van der Waals surface area contributed by atoms with Gasteiger partial charge in [0.1, 0.15) is 0 Å². The van der Waals surface area contributed by atoms with Gasteiger partial charge in [0.15, 0.2) is 0 Å². The summed E-state index contributed by atoms with van der Waals surface area (Å²) in [6.45, 7) is 6.99. The van der Waals surface area contributed by atoms with Crippen molar-refractivity contribution in [1.29, 1.82) is 0 Å². The van der Waals surface area contributed by atoms with Crippen molar-refractivity contribution in [2.75, 3.05) is 0 Å². The predicted octanol–water partition coefficient (Wildman–Crippen LogP) is 7.51. The fourth-order valence-electron chi connectivity index (χ4n) is 2.98. The second-order valence-corrected chi connectivity index (χ2v) is 6.39. The standard InChI is InChI=1S/C19H40/c1-4-7-9-11-13-15-17-19(6-3)18-16-14-12-10-8-5-2/h19H,4-18H2,1-3H3. The Bertz CT molecular complexity index is 134. The number of unbranched alkanes of at least 4 members (excludes halogenated alkanes) is 10. The molecule has 0 N–H and O–H groups in total. The van der Waals surface area contributed by atoms with Gasteiger partial charge >= 0.3 is 0 Å². The Morgan fingerprint density at radius 2 is 0.842 bits per heavy atom. The zero-order chi connectivity index (χ0) is 14.2. The minimum atomic E-state index is 1.03. The Morgan fingerprint density at radius 1 is 0.474 bits per heavy atom. The summed E-state index contributed by atoms with van der Waals surface area (Å²) in [7, 11) is 0. The molecule has 0 spiro atoms. The molecule has 0 saturated carbocycles. The highest BCUT2D eigenvalue weighted by atomic mass is 14.1. The SMILES string of the molecule is CCCCCCCCC(CC)CCCCCCCC. The van der Waals surface area contributed by atoms with E-state index >= 15 is 0 Å². The third-order valence-electron chi connectivity index (χ3n) is 4.51. The van der Waals surface area contributed by atoms with Crippen molar-refractivity contribution in [3.63, 3.8) is 0 Å². The number of hydrogen-bond acceptors (Lipinski definition) is 0. The molecule has 0 heteroatoms. The summed E-state index contributed by atoms with van der Waals surface area (Å²) in [5, 5.41) is 0. The fourth-order valence-corrected chi connectivity index (χ4v) is 2.98. The van der Waals surface area contributed by atoms with Gasteiger partial charge in [0, 0.05) is 0 Å². The van der Waals surface area contributed by atoms with E-state index in [0.29, 0.717) is 0 Å². The maximum absolute atomic E-state index is 2.39. The van der Waals surface area contributed by atoms with E-state index in [1.54, 1.807) is 0 Å². The van der Waals surface area contributed by atoms with E-state index in [2.05, 4.69) is 20.8 Å². The van der Waals surface area contributed by atoms with Crippen LogP contribution >= 0.6 is 0 Å². The summed E-state index contributed by atoms with van der Waals surface area (Å²) in [5.41, 5.74) is 0. The molecule has 0 unspecified atom stereocenters. The predicted molar refractivity (Wildman–Crippen MR) is 89.8 cm³/mol. The molecule has 0 rings (SSSR count). The van der Waals surface area contributed by atoms with Gasteiger partial charge in [0.05, 0.1) is 0 Å². The smallest absolute Gasteiger partial charge is 0.0417 e. The molecule has 0 atom stereocenters. The zero-order valence-electron chi connectivity index (χ0n) is 14.2. The van der Waals surface area contributed by atoms with Gasteiger partial charge in [-0.2, -0.15) is 0 Å². The number of rotatable bonds is 15. The van der Waals surface area contributed by atoms with E-state index in [4.69, 9.17) is 0 Å². The summed E-state index contributed by atoms with van der Waals surface area (Å²) < 4.78 is 0. The highest BCUT2D eigenvalue weighted by Gasteiger charge is 2.05. The maximum Gasteiger partial charge on any atom is -0.0417 e. The molecule has 0 radical (unpaired) electrons. The highest BCUT2D eigenvalue weighted by molar-refractivity contribution is 4.59. The molecule has 116 valence electrons. The monoisotopic (exact) mass is 268 g/mol. The maximum atomic E-state index is 2.39. The van der Waals surface area contributed by atoms with Gasteiger partial charge in [-0.3, -0.25) is 0 Å². The van der Waals surface area contributed by atoms with Crippen LogP contribution in [-0.4, -0.2) is 0 Å². The summed E-state index contributed by atoms with van der Waals surface area (Å²) in [5.74, 6) is 1.03. The number of hydrogen-bond donors (Lipinski definition) is 0. The molecule has 0 bridgehead atoms. The van der Waals surface area contributed by atoms with Crippen LogP contribution in [0, 0.1) is 5.92 Å². The van der Waals surface area contributed by atoms with Gasteiger partial charge in [-0.05, 0) is 5.92 Å². The van der Waals surface area contributed by atoms with Gasteiger partial charge in [-0.25, -0.2) is 0 Å². The van der Waals surface area contributed by atoms with Gasteiger partial charge in [0.2, 0.25) is 0 Å². The summed E-state index contributed by atoms with van der Waals surface area (Å²) in [6, 6.07) is 0. The quantitative estimate of drug-likeness (QED) is 0.269. The topological polar surface area (TPSA) is 0 Å². The van der Waals surface area contributed by atoms with E-state index in [0.717, 1.165) is 5.92 Å². The Labute approximate surface area is 123 Å². The molecule has 0 aromatic heterocycles. The normalized spacial score (nSPS) is 11.4. The fraction of sp³-hybridized carbons (Fsp3) is 1.00. The average Bonchev–Trinajstić information content (AvgIpc) is 2.44. The highest BCUT2D eigenvalue weighted by Crippen LogP contribution is 2.21. The van der Waals surface area contributed by atoms with Crippen LogP contribution < -0.4 is 0 Å². The van der Waals surface area contributed by atoms with Crippen molar-refractivity contribution < 1.29 is 0 Å². The second kappa shape index (κ2) is 16.1. The molecule has 0 aromatic carbocycles. The van der Waals surface area contributed by atoms with Crippen molar-refractivity contribution in [3.05, 3.63) is 0 Å². The van der Waals surface area contributed by atoms with Crippen LogP contribution in [0.25, 0.3) is 0 Å². The van der Waals surface area contributed by atoms with Gasteiger partial charge < -0.3 is 0 Å². The Hall–Kier alpha value is 0. The van der Waals surface area contributed by atoms with Gasteiger partial charge in [0.25, 0.3) is 0 Å². The lowest BCUT2D eigenvalue weighted by Gasteiger charge is -2.14. The van der Waals surface area contributed by atoms with E-state index < -0.39 is 0 Å². The summed E-state index contributed by atoms with van der Waals surface area (Å²) in [6.07, 6.45) is 21.8. The third-order valence-corrected chi connectivity index (χ3v) is 4.51. The zero-order valence-corrected chi connectivity index (χ0v) is 14.2. The van der Waals surface area contributed by atoms with E-state index in [9.17, 15) is 0 Å². The van der Waals surface area contributed by atoms with Crippen LogP contribution in [0.5, 0.6) is 0 Å². The Kier molecular flexibility index (Phi) is 16.1. The summed E-state index contributed by atoms with van der Waals surface area (Å²) >= 11 is 0. The van der Waals surface area contributed by atoms with Gasteiger partial charge in [-0.1, -0.05) is 117 Å². The van der Waals surface area contributed by atoms with Crippen molar-refractivity contribution in [2.45, 2.75) is 117 Å². The molecule has 0 nitrogen and oxygen atoms in total. The summed E-state index contributed by atoms with van der Waals surface area (Å²) in [4.78, 5) is 0. The minimum absolute atomic E-state index is 1.03. The Morgan fingerprint density at radius 3 is 1.21 bits per heavy atom. The van der Waals surface area contributed by atoms with Crippen molar-refractivity contribution in [2.24, 2.45) is 5.92 Å². The largest absolute Gasteiger partial charge is 0.0654 e. The molecule has 0 aliphatic rings. The Balaban J connectivity index is 3.30. The van der Waals surface area contributed by atoms with E-state index in [1.807, 2.05) is 0 Å². The first-order valence-corrected chi connectivity index (χ1v) is 9.35.